The van der Waals surface area contributed by atoms with Crippen LogP contribution in [0.25, 0.3) is 11.6 Å². The molecule has 0 N–H and O–H groups in total. The van der Waals surface area contributed by atoms with Gasteiger partial charge in [0.2, 0.25) is 0 Å². The first-order chi connectivity index (χ1) is 13.5. The van der Waals surface area contributed by atoms with E-state index >= 15 is 0 Å². The Kier molecular flexibility index (Phi) is 5.59. The third kappa shape index (κ3) is 3.67. The Bertz CT molecular complexity index is 943. The molecule has 0 unspecified atom stereocenters. The van der Waals surface area contributed by atoms with Gasteiger partial charge in [-0.15, -0.1) is 0 Å². The number of hydrogen-bond acceptors (Lipinski definition) is 5. The second kappa shape index (κ2) is 8.08. The number of carbonyl (C=O) groups excluding carboxylic acids is 3. The van der Waals surface area contributed by atoms with Crippen molar-refractivity contribution in [2.45, 2.75) is 13.8 Å². The number of carboxylic acid groups (broad SMARTS) is 1. The summed E-state index contributed by atoms with van der Waals surface area (Å²) in [7, 11) is 0. The molecule has 2 aromatic rings. The Labute approximate surface area is 163 Å². The summed E-state index contributed by atoms with van der Waals surface area (Å²) in [6.45, 7) is 5.18. The first-order valence-electron chi connectivity index (χ1n) is 9.18. The van der Waals surface area contributed by atoms with Gasteiger partial charge in [0.25, 0.3) is 11.8 Å². The van der Waals surface area contributed by atoms with Gasteiger partial charge in [-0.05, 0) is 49.2 Å². The van der Waals surface area contributed by atoms with E-state index < -0.39 is 24.3 Å². The molecule has 144 valence electrons. The van der Waals surface area contributed by atoms with Crippen LogP contribution >= 0.6 is 0 Å². The third-order valence-corrected chi connectivity index (χ3v) is 4.79. The topological polar surface area (TPSA) is 80.8 Å². The van der Waals surface area contributed by atoms with Gasteiger partial charge in [0, 0.05) is 29.9 Å². The van der Waals surface area contributed by atoms with Crippen molar-refractivity contribution in [3.05, 3.63) is 65.2 Å². The number of hydrogen-bond donors (Lipinski definition) is 0. The lowest BCUT2D eigenvalue weighted by molar-refractivity contribution is -0.305. The lowest BCUT2D eigenvalue weighted by atomic mass is 9.92. The van der Waals surface area contributed by atoms with Crippen molar-refractivity contribution >= 4 is 35.1 Å². The van der Waals surface area contributed by atoms with Crippen LogP contribution in [0.4, 0.5) is 5.69 Å². The highest BCUT2D eigenvalue weighted by Gasteiger charge is 2.34. The monoisotopic (exact) mass is 377 g/mol. The largest absolute Gasteiger partial charge is 0.548 e. The van der Waals surface area contributed by atoms with Crippen molar-refractivity contribution in [2.75, 3.05) is 24.5 Å². The number of fused-ring (bicyclic) bond motifs is 1. The molecule has 1 aliphatic heterocycles. The first kappa shape index (κ1) is 19.4. The van der Waals surface area contributed by atoms with Crippen molar-refractivity contribution < 1.29 is 19.5 Å². The molecular weight excluding hydrogens is 356 g/mol. The maximum atomic E-state index is 12.8. The van der Waals surface area contributed by atoms with Gasteiger partial charge in [0.05, 0.1) is 12.5 Å². The molecule has 0 aliphatic carbocycles. The molecule has 3 rings (SSSR count). The molecule has 2 aromatic carbocycles. The molecule has 0 saturated heterocycles. The van der Waals surface area contributed by atoms with E-state index in [2.05, 4.69) is 18.7 Å². The highest BCUT2D eigenvalue weighted by Crippen LogP contribution is 2.30. The Balaban J connectivity index is 2.03. The molecule has 0 bridgehead atoms. The summed E-state index contributed by atoms with van der Waals surface area (Å²) in [5.41, 5.74) is 2.95. The number of nitrogens with zero attached hydrogens (tertiary/aromatic N) is 2. The van der Waals surface area contributed by atoms with Crippen molar-refractivity contribution in [1.82, 2.24) is 4.90 Å². The fourth-order valence-corrected chi connectivity index (χ4v) is 3.35. The van der Waals surface area contributed by atoms with Gasteiger partial charge in [0.1, 0.15) is 0 Å². The summed E-state index contributed by atoms with van der Waals surface area (Å²) >= 11 is 0. The number of aliphatic carboxylic acids is 1. The quantitative estimate of drug-likeness (QED) is 0.566. The minimum atomic E-state index is -1.48. The van der Waals surface area contributed by atoms with E-state index in [0.29, 0.717) is 16.0 Å². The second-order valence-corrected chi connectivity index (χ2v) is 6.44. The minimum absolute atomic E-state index is 0.284. The zero-order valence-electron chi connectivity index (χ0n) is 15.8. The smallest absolute Gasteiger partial charge is 0.261 e. The van der Waals surface area contributed by atoms with Crippen molar-refractivity contribution in [3.63, 3.8) is 0 Å². The van der Waals surface area contributed by atoms with Crippen LogP contribution in [-0.4, -0.2) is 42.3 Å². The Morgan fingerprint density at radius 2 is 1.57 bits per heavy atom. The highest BCUT2D eigenvalue weighted by molar-refractivity contribution is 6.34. The first-order valence-corrected chi connectivity index (χ1v) is 9.18. The third-order valence-electron chi connectivity index (χ3n) is 4.79. The van der Waals surface area contributed by atoms with E-state index in [1.807, 2.05) is 24.3 Å². The number of amides is 2. The van der Waals surface area contributed by atoms with Crippen LogP contribution in [0.3, 0.4) is 0 Å². The Hall–Kier alpha value is -3.41. The van der Waals surface area contributed by atoms with Crippen molar-refractivity contribution in [3.8, 4) is 0 Å². The molecule has 6 nitrogen and oxygen atoms in total. The predicted molar refractivity (Wildman–Crippen MR) is 105 cm³/mol. The van der Waals surface area contributed by atoms with Gasteiger partial charge < -0.3 is 14.8 Å². The number of carboxylic acids is 1. The van der Waals surface area contributed by atoms with Crippen LogP contribution in [0.1, 0.15) is 35.3 Å². The van der Waals surface area contributed by atoms with E-state index in [9.17, 15) is 19.5 Å². The summed E-state index contributed by atoms with van der Waals surface area (Å²) < 4.78 is 0. The summed E-state index contributed by atoms with van der Waals surface area (Å²) in [5, 5.41) is 11.0. The second-order valence-electron chi connectivity index (χ2n) is 6.44. The maximum absolute atomic E-state index is 12.8. The number of carbonyl (C=O) groups is 3. The van der Waals surface area contributed by atoms with Crippen LogP contribution in [0.2, 0.25) is 0 Å². The van der Waals surface area contributed by atoms with E-state index in [-0.39, 0.29) is 5.57 Å². The fraction of sp³-hybridized carbons (Fsp3) is 0.227. The zero-order chi connectivity index (χ0) is 20.3. The summed E-state index contributed by atoms with van der Waals surface area (Å²) in [5.74, 6) is -2.75. The number of rotatable bonds is 6. The number of anilines is 1. The Morgan fingerprint density at radius 3 is 2.14 bits per heavy atom. The molecule has 0 radical (unpaired) electrons. The predicted octanol–water partition coefficient (Wildman–Crippen LogP) is 1.81. The van der Waals surface area contributed by atoms with Crippen molar-refractivity contribution in [1.29, 1.82) is 0 Å². The van der Waals surface area contributed by atoms with Crippen molar-refractivity contribution in [2.24, 2.45) is 0 Å². The van der Waals surface area contributed by atoms with Crippen LogP contribution in [0.5, 0.6) is 0 Å². The number of imide groups is 1. The number of benzene rings is 2. The normalized spacial score (nSPS) is 14.9. The van der Waals surface area contributed by atoms with E-state index in [1.165, 1.54) is 0 Å². The SMILES string of the molecule is CCN(CC)c1ccc(/C=C2\C(=O)N(CC(=O)[O-])C(=O)c3ccccc32)cc1. The Morgan fingerprint density at radius 1 is 0.964 bits per heavy atom. The lowest BCUT2D eigenvalue weighted by Gasteiger charge is -2.29. The summed E-state index contributed by atoms with van der Waals surface area (Å²) in [6.07, 6.45) is 1.68. The average Bonchev–Trinajstić information content (AvgIpc) is 2.70. The van der Waals surface area contributed by atoms with Gasteiger partial charge in [0.15, 0.2) is 0 Å². The molecular formula is C22H21N2O4-. The summed E-state index contributed by atoms with van der Waals surface area (Å²) in [4.78, 5) is 39.3. The zero-order valence-corrected chi connectivity index (χ0v) is 15.8. The summed E-state index contributed by atoms with van der Waals surface area (Å²) in [6, 6.07) is 14.4. The van der Waals surface area contributed by atoms with Crippen LogP contribution in [0.15, 0.2) is 48.5 Å². The molecule has 28 heavy (non-hydrogen) atoms. The molecule has 0 atom stereocenters. The van der Waals surface area contributed by atoms with Crippen LogP contribution < -0.4 is 10.0 Å². The molecule has 0 spiro atoms. The molecule has 1 aliphatic rings. The van der Waals surface area contributed by atoms with Gasteiger partial charge in [-0.3, -0.25) is 14.5 Å². The molecule has 6 heteroatoms. The standard InChI is InChI=1S/C22H22N2O4/c1-3-23(4-2)16-11-9-15(10-12-16)13-19-17-7-5-6-8-18(17)21(27)24(22(19)28)14-20(25)26/h5-13H,3-4,14H2,1-2H3,(H,25,26)/p-1/b19-13-. The van der Waals surface area contributed by atoms with Gasteiger partial charge in [-0.25, -0.2) is 0 Å². The van der Waals surface area contributed by atoms with Crippen LogP contribution in [-0.2, 0) is 9.59 Å². The van der Waals surface area contributed by atoms with Gasteiger partial charge >= 0.3 is 0 Å². The van der Waals surface area contributed by atoms with E-state index in [0.717, 1.165) is 24.3 Å². The van der Waals surface area contributed by atoms with Gasteiger partial charge in [-0.1, -0.05) is 30.3 Å². The van der Waals surface area contributed by atoms with Crippen LogP contribution in [0, 0.1) is 0 Å². The molecule has 0 saturated carbocycles. The average molecular weight is 377 g/mol. The molecule has 0 aromatic heterocycles. The maximum Gasteiger partial charge on any atom is 0.261 e. The molecule has 2 amide bonds. The highest BCUT2D eigenvalue weighted by atomic mass is 16.4. The minimum Gasteiger partial charge on any atom is -0.548 e. The van der Waals surface area contributed by atoms with E-state index in [1.54, 1.807) is 30.3 Å². The van der Waals surface area contributed by atoms with E-state index in [4.69, 9.17) is 0 Å². The molecule has 0 fully saturated rings. The lowest BCUT2D eigenvalue weighted by Crippen LogP contribution is -2.47. The molecule has 1 heterocycles. The van der Waals surface area contributed by atoms with Gasteiger partial charge in [-0.2, -0.15) is 0 Å². The fourth-order valence-electron chi connectivity index (χ4n) is 3.35.